The lowest BCUT2D eigenvalue weighted by Gasteiger charge is -2.46. The number of carbonyl (C=O) groups is 1. The lowest BCUT2D eigenvalue weighted by Crippen LogP contribution is -2.48. The molecule has 0 amide bonds. The highest BCUT2D eigenvalue weighted by molar-refractivity contribution is 6.31. The summed E-state index contributed by atoms with van der Waals surface area (Å²) >= 11 is 6.27. The molecule has 1 unspecified atom stereocenters. The van der Waals surface area contributed by atoms with Gasteiger partial charge in [0, 0.05) is 35.9 Å². The Balaban J connectivity index is 1.65. The molecule has 0 radical (unpaired) electrons. The van der Waals surface area contributed by atoms with Crippen molar-refractivity contribution in [3.63, 3.8) is 0 Å². The van der Waals surface area contributed by atoms with E-state index in [4.69, 9.17) is 16.3 Å². The first kappa shape index (κ1) is 21.8. The predicted octanol–water partition coefficient (Wildman–Crippen LogP) is 3.88. The second kappa shape index (κ2) is 9.00. The van der Waals surface area contributed by atoms with Gasteiger partial charge in [0.25, 0.3) is 0 Å². The summed E-state index contributed by atoms with van der Waals surface area (Å²) in [6.45, 7) is 0.539. The number of fused-ring (bicyclic) bond motifs is 1. The zero-order valence-corrected chi connectivity index (χ0v) is 18.3. The van der Waals surface area contributed by atoms with Crippen LogP contribution in [0.5, 0.6) is 5.75 Å². The highest BCUT2D eigenvalue weighted by Gasteiger charge is 2.55. The van der Waals surface area contributed by atoms with Crippen molar-refractivity contribution in [2.75, 3.05) is 13.7 Å². The number of ketones is 1. The number of nitrogens with one attached hydrogen (secondary N) is 1. The molecule has 6 heteroatoms. The molecule has 0 aromatic heterocycles. The maximum atomic E-state index is 13.3. The number of Topliss-reactive ketones (excluding diaryl/α,β-unsaturated/α-hetero) is 1. The summed E-state index contributed by atoms with van der Waals surface area (Å²) in [5.41, 5.74) is 0.378. The van der Waals surface area contributed by atoms with Gasteiger partial charge in [0.15, 0.2) is 5.78 Å². The smallest absolute Gasteiger partial charge is 0.154 e. The number of carbonyl (C=O) groups excluding carboxylic acids is 1. The van der Waals surface area contributed by atoms with E-state index < -0.39 is 5.60 Å². The Morgan fingerprint density at radius 1 is 1.29 bits per heavy atom. The summed E-state index contributed by atoms with van der Waals surface area (Å²) in [6.07, 6.45) is 1.82. The summed E-state index contributed by atoms with van der Waals surface area (Å²) in [4.78, 5) is 13.3. The quantitative estimate of drug-likeness (QED) is 0.715. The molecule has 4 rings (SSSR count). The Bertz CT molecular complexity index is 1000. The fourth-order valence-electron chi connectivity index (χ4n) is 5.56. The number of rotatable bonds is 6. The van der Waals surface area contributed by atoms with Gasteiger partial charge >= 0.3 is 0 Å². The molecular formula is C25H27ClN2O3. The topological polar surface area (TPSA) is 82.3 Å². The summed E-state index contributed by atoms with van der Waals surface area (Å²) in [7, 11) is 1.60. The first-order chi connectivity index (χ1) is 15.0. The molecule has 1 aliphatic heterocycles. The van der Waals surface area contributed by atoms with Gasteiger partial charge in [-0.3, -0.25) is 4.79 Å². The summed E-state index contributed by atoms with van der Waals surface area (Å²) in [5.74, 6) is 0.514. The minimum absolute atomic E-state index is 0.0108. The van der Waals surface area contributed by atoms with E-state index in [1.54, 1.807) is 13.2 Å². The minimum Gasteiger partial charge on any atom is -0.496 e. The SMILES string of the molecule is COc1ccccc1[C@]1(O)C[C@H](CC#N)C[C@H]2C(C(=O)Cc3ccccc3Cl)NC[C@H]21. The molecule has 2 aromatic carbocycles. The Hall–Kier alpha value is -2.39. The van der Waals surface area contributed by atoms with Crippen LogP contribution in [0.3, 0.4) is 0 Å². The largest absolute Gasteiger partial charge is 0.496 e. The van der Waals surface area contributed by atoms with Crippen molar-refractivity contribution in [3.05, 3.63) is 64.7 Å². The van der Waals surface area contributed by atoms with Gasteiger partial charge in [0.05, 0.1) is 24.8 Å². The maximum absolute atomic E-state index is 13.3. The Kier molecular flexibility index (Phi) is 6.34. The van der Waals surface area contributed by atoms with Crippen LogP contribution in [0.25, 0.3) is 0 Å². The number of ether oxygens (including phenoxy) is 1. The average molecular weight is 439 g/mol. The number of benzene rings is 2. The number of halogens is 1. The minimum atomic E-state index is -1.16. The van der Waals surface area contributed by atoms with Gasteiger partial charge in [-0.15, -0.1) is 0 Å². The van der Waals surface area contributed by atoms with Crippen molar-refractivity contribution >= 4 is 17.4 Å². The molecule has 0 spiro atoms. The lowest BCUT2D eigenvalue weighted by atomic mass is 9.61. The van der Waals surface area contributed by atoms with E-state index in [1.165, 1.54) is 0 Å². The standard InChI is InChI=1S/C25H27ClN2O3/c1-31-23-9-5-3-7-19(23)25(30)14-16(10-11-27)12-18-20(25)15-28-24(18)22(29)13-17-6-2-4-8-21(17)26/h2-9,16,18,20,24,28,30H,10,12-15H2,1H3/t16-,18-,20-,24?,25-/m1/s1. The van der Waals surface area contributed by atoms with Gasteiger partial charge in [-0.2, -0.15) is 5.26 Å². The van der Waals surface area contributed by atoms with Crippen LogP contribution in [-0.2, 0) is 16.8 Å². The normalized spacial score (nSPS) is 29.7. The van der Waals surface area contributed by atoms with E-state index in [-0.39, 0.29) is 36.0 Å². The molecule has 1 heterocycles. The molecule has 5 atom stereocenters. The number of nitrogens with zero attached hydrogens (tertiary/aromatic N) is 1. The van der Waals surface area contributed by atoms with Crippen LogP contribution in [0.2, 0.25) is 5.02 Å². The van der Waals surface area contributed by atoms with E-state index in [0.29, 0.717) is 30.2 Å². The van der Waals surface area contributed by atoms with Crippen LogP contribution >= 0.6 is 11.6 Å². The highest BCUT2D eigenvalue weighted by Crippen LogP contribution is 2.52. The Labute approximate surface area is 188 Å². The molecular weight excluding hydrogens is 412 g/mol. The third-order valence-electron chi connectivity index (χ3n) is 6.94. The van der Waals surface area contributed by atoms with Gasteiger partial charge in [-0.05, 0) is 42.4 Å². The summed E-state index contributed by atoms with van der Waals surface area (Å²) in [5, 5.41) is 25.3. The van der Waals surface area contributed by atoms with E-state index in [0.717, 1.165) is 17.5 Å². The van der Waals surface area contributed by atoms with E-state index in [9.17, 15) is 15.2 Å². The molecule has 1 saturated heterocycles. The number of hydrogen-bond acceptors (Lipinski definition) is 5. The third kappa shape index (κ3) is 4.08. The fraction of sp³-hybridized carbons (Fsp3) is 0.440. The first-order valence-corrected chi connectivity index (χ1v) is 11.1. The van der Waals surface area contributed by atoms with Crippen molar-refractivity contribution in [1.82, 2.24) is 5.32 Å². The van der Waals surface area contributed by atoms with Crippen LogP contribution in [0.4, 0.5) is 0 Å². The van der Waals surface area contributed by atoms with Gasteiger partial charge < -0.3 is 15.2 Å². The number of aliphatic hydroxyl groups is 1. The zero-order chi connectivity index (χ0) is 22.0. The average Bonchev–Trinajstić information content (AvgIpc) is 3.20. The molecule has 0 bridgehead atoms. The monoisotopic (exact) mass is 438 g/mol. The molecule has 162 valence electrons. The number of methoxy groups -OCH3 is 1. The third-order valence-corrected chi connectivity index (χ3v) is 7.31. The van der Waals surface area contributed by atoms with Gasteiger partial charge in [0.2, 0.25) is 0 Å². The van der Waals surface area contributed by atoms with Gasteiger partial charge in [0.1, 0.15) is 5.75 Å². The number of nitriles is 1. The highest BCUT2D eigenvalue weighted by atomic mass is 35.5. The maximum Gasteiger partial charge on any atom is 0.154 e. The summed E-state index contributed by atoms with van der Waals surface area (Å²) < 4.78 is 5.55. The first-order valence-electron chi connectivity index (χ1n) is 10.7. The fourth-order valence-corrected chi connectivity index (χ4v) is 5.76. The molecule has 5 nitrogen and oxygen atoms in total. The number of para-hydroxylation sites is 1. The van der Waals surface area contributed by atoms with Crippen molar-refractivity contribution in [2.45, 2.75) is 37.3 Å². The van der Waals surface area contributed by atoms with E-state index in [2.05, 4.69) is 11.4 Å². The van der Waals surface area contributed by atoms with E-state index >= 15 is 0 Å². The van der Waals surface area contributed by atoms with Crippen molar-refractivity contribution < 1.29 is 14.6 Å². The van der Waals surface area contributed by atoms with Gasteiger partial charge in [-0.1, -0.05) is 48.0 Å². The van der Waals surface area contributed by atoms with Crippen LogP contribution in [0, 0.1) is 29.1 Å². The lowest BCUT2D eigenvalue weighted by molar-refractivity contribution is -0.124. The zero-order valence-electron chi connectivity index (χ0n) is 17.6. The number of hydrogen-bond donors (Lipinski definition) is 2. The van der Waals surface area contributed by atoms with Gasteiger partial charge in [-0.25, -0.2) is 0 Å². The van der Waals surface area contributed by atoms with Crippen LogP contribution < -0.4 is 10.1 Å². The second-order valence-corrected chi connectivity index (χ2v) is 9.09. The Morgan fingerprint density at radius 2 is 2.03 bits per heavy atom. The van der Waals surface area contributed by atoms with Crippen molar-refractivity contribution in [3.8, 4) is 11.8 Å². The molecule has 2 fully saturated rings. The summed E-state index contributed by atoms with van der Waals surface area (Å²) in [6, 6.07) is 16.8. The van der Waals surface area contributed by atoms with Crippen LogP contribution in [-0.4, -0.2) is 30.6 Å². The van der Waals surface area contributed by atoms with Crippen molar-refractivity contribution in [1.29, 1.82) is 5.26 Å². The van der Waals surface area contributed by atoms with E-state index in [1.807, 2.05) is 42.5 Å². The molecule has 2 aliphatic rings. The predicted molar refractivity (Wildman–Crippen MR) is 119 cm³/mol. The molecule has 31 heavy (non-hydrogen) atoms. The molecule has 2 N–H and O–H groups in total. The second-order valence-electron chi connectivity index (χ2n) is 8.68. The van der Waals surface area contributed by atoms with Crippen LogP contribution in [0.1, 0.15) is 30.4 Å². The molecule has 1 saturated carbocycles. The van der Waals surface area contributed by atoms with Crippen LogP contribution in [0.15, 0.2) is 48.5 Å². The molecule has 2 aromatic rings. The van der Waals surface area contributed by atoms with Crippen molar-refractivity contribution in [2.24, 2.45) is 17.8 Å². The Morgan fingerprint density at radius 3 is 2.77 bits per heavy atom. The molecule has 1 aliphatic carbocycles.